The van der Waals surface area contributed by atoms with E-state index in [4.69, 9.17) is 9.57 Å². The van der Waals surface area contributed by atoms with Gasteiger partial charge in [-0.3, -0.25) is 0 Å². The van der Waals surface area contributed by atoms with Crippen molar-refractivity contribution in [3.8, 4) is 11.4 Å². The van der Waals surface area contributed by atoms with Crippen molar-refractivity contribution in [2.24, 2.45) is 5.16 Å². The zero-order valence-electron chi connectivity index (χ0n) is 17.6. The van der Waals surface area contributed by atoms with Crippen LogP contribution in [-0.2, 0) is 15.3 Å². The van der Waals surface area contributed by atoms with Gasteiger partial charge in [-0.25, -0.2) is 13.8 Å². The fourth-order valence-corrected chi connectivity index (χ4v) is 4.02. The van der Waals surface area contributed by atoms with Crippen LogP contribution in [0.4, 0.5) is 8.78 Å². The molecule has 1 fully saturated rings. The molecule has 2 N–H and O–H groups in total. The van der Waals surface area contributed by atoms with E-state index in [9.17, 15) is 19.0 Å². The number of aromatic hydroxyl groups is 1. The minimum absolute atomic E-state index is 0.0407. The smallest absolute Gasteiger partial charge is 0.260 e. The molecule has 10 heteroatoms. The summed E-state index contributed by atoms with van der Waals surface area (Å²) in [6.45, 7) is 1.77. The molecule has 0 spiro atoms. The van der Waals surface area contributed by atoms with Gasteiger partial charge in [0.05, 0.1) is 24.3 Å². The molecular weight excluding hydrogens is 434 g/mol. The second-order valence-electron chi connectivity index (χ2n) is 7.79. The number of phenolic OH excluding ortho intramolecular Hbond substituents is 1. The van der Waals surface area contributed by atoms with Crippen molar-refractivity contribution < 1.29 is 28.6 Å². The molecule has 2 aliphatic heterocycles. The first kappa shape index (κ1) is 21.0. The Balaban J connectivity index is 1.47. The van der Waals surface area contributed by atoms with Crippen LogP contribution >= 0.6 is 0 Å². The Hall–Kier alpha value is -3.92. The Kier molecular flexibility index (Phi) is 5.01. The van der Waals surface area contributed by atoms with Crippen LogP contribution in [0.5, 0.6) is 5.75 Å². The van der Waals surface area contributed by atoms with Gasteiger partial charge in [-0.1, -0.05) is 11.2 Å². The SMILES string of the molecule is Cc1cn(-c2ccc(C=C3OCCN4C3=NOC4(CO)c3cc(F)cc(F)c3)cc2O)cn1. The van der Waals surface area contributed by atoms with Crippen molar-refractivity contribution in [1.82, 2.24) is 14.5 Å². The van der Waals surface area contributed by atoms with Crippen LogP contribution in [0.25, 0.3) is 11.8 Å². The fraction of sp³-hybridized carbons (Fsp3) is 0.217. The molecule has 170 valence electrons. The fourth-order valence-electron chi connectivity index (χ4n) is 4.02. The summed E-state index contributed by atoms with van der Waals surface area (Å²) in [7, 11) is 0. The van der Waals surface area contributed by atoms with Gasteiger partial charge in [-0.15, -0.1) is 0 Å². The third-order valence-electron chi connectivity index (χ3n) is 5.58. The second-order valence-corrected chi connectivity index (χ2v) is 7.79. The van der Waals surface area contributed by atoms with Crippen molar-refractivity contribution in [3.63, 3.8) is 0 Å². The van der Waals surface area contributed by atoms with Crippen molar-refractivity contribution in [2.75, 3.05) is 19.8 Å². The van der Waals surface area contributed by atoms with Gasteiger partial charge < -0.3 is 29.3 Å². The molecule has 1 unspecified atom stereocenters. The van der Waals surface area contributed by atoms with Gasteiger partial charge in [-0.2, -0.15) is 0 Å². The van der Waals surface area contributed by atoms with Gasteiger partial charge in [0.1, 0.15) is 30.6 Å². The molecule has 1 saturated heterocycles. The molecule has 1 aromatic heterocycles. The lowest BCUT2D eigenvalue weighted by Gasteiger charge is -2.38. The molecule has 0 radical (unpaired) electrons. The summed E-state index contributed by atoms with van der Waals surface area (Å²) in [5.41, 5.74) is 0.539. The first-order valence-electron chi connectivity index (χ1n) is 10.2. The summed E-state index contributed by atoms with van der Waals surface area (Å²) in [5.74, 6) is -0.933. The predicted molar refractivity (Wildman–Crippen MR) is 114 cm³/mol. The van der Waals surface area contributed by atoms with E-state index in [1.807, 2.05) is 6.92 Å². The number of ether oxygens (including phenoxy) is 1. The zero-order valence-corrected chi connectivity index (χ0v) is 17.6. The number of imidazole rings is 1. The van der Waals surface area contributed by atoms with E-state index in [0.29, 0.717) is 17.0 Å². The molecule has 8 nitrogen and oxygen atoms in total. The summed E-state index contributed by atoms with van der Waals surface area (Å²) in [5, 5.41) is 24.7. The van der Waals surface area contributed by atoms with Crippen LogP contribution in [0.15, 0.2) is 59.8 Å². The number of aryl methyl sites for hydroxylation is 1. The lowest BCUT2D eigenvalue weighted by Crippen LogP contribution is -2.52. The third kappa shape index (κ3) is 3.58. The van der Waals surface area contributed by atoms with Crippen LogP contribution in [0.3, 0.4) is 0 Å². The Labute approximate surface area is 187 Å². The maximum Gasteiger partial charge on any atom is 0.260 e. The molecule has 2 aromatic carbocycles. The summed E-state index contributed by atoms with van der Waals surface area (Å²) in [4.78, 5) is 11.3. The summed E-state index contributed by atoms with van der Waals surface area (Å²) in [6.07, 6.45) is 5.07. The lowest BCUT2D eigenvalue weighted by molar-refractivity contribution is -0.141. The minimum atomic E-state index is -1.58. The predicted octanol–water partition coefficient (Wildman–Crippen LogP) is 3.03. The van der Waals surface area contributed by atoms with Crippen LogP contribution in [0.1, 0.15) is 16.8 Å². The Morgan fingerprint density at radius 3 is 2.64 bits per heavy atom. The van der Waals surface area contributed by atoms with E-state index in [-0.39, 0.29) is 30.3 Å². The number of fused-ring (bicyclic) bond motifs is 1. The van der Waals surface area contributed by atoms with E-state index >= 15 is 0 Å². The molecule has 5 rings (SSSR count). The zero-order chi connectivity index (χ0) is 23.2. The molecule has 33 heavy (non-hydrogen) atoms. The number of nitrogens with zero attached hydrogens (tertiary/aromatic N) is 4. The largest absolute Gasteiger partial charge is 0.506 e. The number of amidine groups is 1. The van der Waals surface area contributed by atoms with Gasteiger partial charge in [0.15, 0.2) is 5.76 Å². The lowest BCUT2D eigenvalue weighted by atomic mass is 10.00. The van der Waals surface area contributed by atoms with Crippen LogP contribution in [0, 0.1) is 18.6 Å². The van der Waals surface area contributed by atoms with Crippen LogP contribution < -0.4 is 0 Å². The van der Waals surface area contributed by atoms with Gasteiger partial charge in [0.25, 0.3) is 5.72 Å². The average molecular weight is 454 g/mol. The van der Waals surface area contributed by atoms with Gasteiger partial charge in [0.2, 0.25) is 5.84 Å². The minimum Gasteiger partial charge on any atom is -0.506 e. The Bertz CT molecular complexity index is 1270. The summed E-state index contributed by atoms with van der Waals surface area (Å²) < 4.78 is 35.2. The van der Waals surface area contributed by atoms with Gasteiger partial charge in [0, 0.05) is 17.8 Å². The molecule has 0 aliphatic carbocycles. The molecule has 1 atom stereocenters. The topological polar surface area (TPSA) is 92.3 Å². The van der Waals surface area contributed by atoms with E-state index in [0.717, 1.165) is 23.9 Å². The molecular formula is C23H20F2N4O4. The first-order valence-corrected chi connectivity index (χ1v) is 10.2. The normalized spacial score (nSPS) is 20.9. The quantitative estimate of drug-likeness (QED) is 0.630. The van der Waals surface area contributed by atoms with Crippen molar-refractivity contribution >= 4 is 11.9 Å². The van der Waals surface area contributed by atoms with Crippen molar-refractivity contribution in [3.05, 3.63) is 83.1 Å². The van der Waals surface area contributed by atoms with E-state index in [1.54, 1.807) is 46.3 Å². The second kappa shape index (κ2) is 7.89. The monoisotopic (exact) mass is 454 g/mol. The number of halogens is 2. The van der Waals surface area contributed by atoms with Gasteiger partial charge in [-0.05, 0) is 42.8 Å². The molecule has 0 amide bonds. The number of hydrogen-bond donors (Lipinski definition) is 2. The Morgan fingerprint density at radius 1 is 1.18 bits per heavy atom. The molecule has 0 bridgehead atoms. The van der Waals surface area contributed by atoms with Crippen molar-refractivity contribution in [2.45, 2.75) is 12.6 Å². The molecule has 3 aromatic rings. The maximum atomic E-state index is 13.9. The first-order chi connectivity index (χ1) is 15.9. The van der Waals surface area contributed by atoms with E-state index in [2.05, 4.69) is 10.1 Å². The standard InChI is InChI=1S/C23H20F2N4O4/c1-14-11-28(13-26-14)19-3-2-15(6-20(19)31)7-21-22-27-33-23(12-30,29(22)4-5-32-21)16-8-17(24)10-18(25)9-16/h2-3,6-11,13,30-31H,4-5,12H2,1H3. The maximum absolute atomic E-state index is 13.9. The number of phenols is 1. The number of hydrogen-bond acceptors (Lipinski definition) is 7. The highest BCUT2D eigenvalue weighted by Gasteiger charge is 2.50. The Morgan fingerprint density at radius 2 is 1.97 bits per heavy atom. The number of benzene rings is 2. The number of rotatable bonds is 4. The molecule has 3 heterocycles. The van der Waals surface area contributed by atoms with E-state index in [1.165, 1.54) is 0 Å². The third-order valence-corrected chi connectivity index (χ3v) is 5.58. The van der Waals surface area contributed by atoms with Crippen LogP contribution in [-0.4, -0.2) is 50.3 Å². The van der Waals surface area contributed by atoms with Crippen molar-refractivity contribution in [1.29, 1.82) is 0 Å². The summed E-state index contributed by atoms with van der Waals surface area (Å²) in [6, 6.07) is 8.05. The highest BCUT2D eigenvalue weighted by Crippen LogP contribution is 2.39. The molecule has 2 aliphatic rings. The van der Waals surface area contributed by atoms with Crippen LogP contribution in [0.2, 0.25) is 0 Å². The number of oxime groups is 1. The number of aliphatic hydroxyl groups is 1. The van der Waals surface area contributed by atoms with E-state index < -0.39 is 24.0 Å². The number of morpholine rings is 1. The summed E-state index contributed by atoms with van der Waals surface area (Å²) >= 11 is 0. The number of aromatic nitrogens is 2. The number of aliphatic hydroxyl groups excluding tert-OH is 1. The molecule has 0 saturated carbocycles. The van der Waals surface area contributed by atoms with Gasteiger partial charge >= 0.3 is 0 Å². The highest BCUT2D eigenvalue weighted by atomic mass is 19.1. The highest BCUT2D eigenvalue weighted by molar-refractivity contribution is 6.01. The average Bonchev–Trinajstić information content (AvgIpc) is 3.38.